The number of ether oxygens (including phenoxy) is 1. The maximum absolute atomic E-state index is 12.6. The molecule has 0 aromatic rings. The van der Waals surface area contributed by atoms with E-state index in [1.54, 1.807) is 0 Å². The van der Waals surface area contributed by atoms with Gasteiger partial charge in [-0.3, -0.25) is 0 Å². The zero-order valence-corrected chi connectivity index (χ0v) is 9.51. The molecule has 2 unspecified atom stereocenters. The molecule has 0 amide bonds. The molecule has 1 nitrogen and oxygen atoms in total. The van der Waals surface area contributed by atoms with E-state index < -0.39 is 49.8 Å². The van der Waals surface area contributed by atoms with Crippen molar-refractivity contribution >= 4 is 0 Å². The van der Waals surface area contributed by atoms with Gasteiger partial charge in [-0.1, -0.05) is 0 Å². The van der Waals surface area contributed by atoms with E-state index in [4.69, 9.17) is 0 Å². The molecule has 0 aliphatic rings. The van der Waals surface area contributed by atoms with Crippen molar-refractivity contribution in [3.63, 3.8) is 0 Å². The summed E-state index contributed by atoms with van der Waals surface area (Å²) in [7, 11) is 0. The molecule has 0 fully saturated rings. The first-order chi connectivity index (χ1) is 9.12. The van der Waals surface area contributed by atoms with E-state index >= 15 is 0 Å². The third kappa shape index (κ3) is 4.07. The van der Waals surface area contributed by atoms with Crippen LogP contribution in [0.5, 0.6) is 0 Å². The molecule has 0 aromatic heterocycles. The zero-order chi connectivity index (χ0) is 17.3. The van der Waals surface area contributed by atoms with Crippen LogP contribution in [0.2, 0.25) is 0 Å². The topological polar surface area (TPSA) is 9.23 Å². The van der Waals surface area contributed by atoms with Crippen LogP contribution in [-0.4, -0.2) is 49.8 Å². The minimum Gasteiger partial charge on any atom is -0.356 e. The van der Waals surface area contributed by atoms with Gasteiger partial charge in [-0.2, -0.15) is 43.9 Å². The summed E-state index contributed by atoms with van der Waals surface area (Å²) >= 11 is 0. The average molecular weight is 346 g/mol. The molecular formula is C8H6F12O. The molecule has 0 aliphatic heterocycles. The van der Waals surface area contributed by atoms with Gasteiger partial charge in [0.15, 0.2) is 12.2 Å². The van der Waals surface area contributed by atoms with Crippen molar-refractivity contribution in [2.75, 3.05) is 13.3 Å². The number of hydrogen-bond donors (Lipinski definition) is 0. The zero-order valence-electron chi connectivity index (χ0n) is 9.51. The number of alkyl halides is 12. The van der Waals surface area contributed by atoms with Crippen molar-refractivity contribution in [1.29, 1.82) is 0 Å². The SMILES string of the molecule is FCC(OC(CF)C(F)(F)C(F)(F)F)C(F)(F)C(F)(F)F. The van der Waals surface area contributed by atoms with Crippen molar-refractivity contribution in [1.82, 2.24) is 0 Å². The Kier molecular flexibility index (Phi) is 5.83. The van der Waals surface area contributed by atoms with Crippen molar-refractivity contribution in [3.8, 4) is 0 Å². The largest absolute Gasteiger partial charge is 0.456 e. The first-order valence-corrected chi connectivity index (χ1v) is 4.79. The molecule has 0 bridgehead atoms. The molecule has 0 N–H and O–H groups in total. The van der Waals surface area contributed by atoms with Gasteiger partial charge in [0.1, 0.15) is 13.3 Å². The predicted octanol–water partition coefficient (Wildman–Crippen LogP) is 4.07. The van der Waals surface area contributed by atoms with Gasteiger partial charge in [-0.15, -0.1) is 0 Å². The van der Waals surface area contributed by atoms with Gasteiger partial charge >= 0.3 is 24.2 Å². The molecule has 0 aliphatic carbocycles. The van der Waals surface area contributed by atoms with Gasteiger partial charge in [0, 0.05) is 0 Å². The Morgan fingerprint density at radius 2 is 0.810 bits per heavy atom. The lowest BCUT2D eigenvalue weighted by molar-refractivity contribution is -0.358. The monoisotopic (exact) mass is 346 g/mol. The summed E-state index contributed by atoms with van der Waals surface area (Å²) in [6.07, 6.45) is -21.1. The van der Waals surface area contributed by atoms with E-state index in [0.717, 1.165) is 0 Å². The van der Waals surface area contributed by atoms with Crippen molar-refractivity contribution in [2.45, 2.75) is 36.4 Å². The maximum Gasteiger partial charge on any atom is 0.456 e. The molecule has 0 radical (unpaired) electrons. The Balaban J connectivity index is 5.38. The highest BCUT2D eigenvalue weighted by Gasteiger charge is 2.68. The van der Waals surface area contributed by atoms with E-state index in [1.807, 2.05) is 0 Å². The standard InChI is InChI=1S/C8H6F12O/c9-1-3(5(11,12)7(15,16)17)21-4(2-10)6(13,14)8(18,19)20/h3-4H,1-2H2. The lowest BCUT2D eigenvalue weighted by Crippen LogP contribution is -2.56. The van der Waals surface area contributed by atoms with E-state index in [9.17, 15) is 52.7 Å². The van der Waals surface area contributed by atoms with Gasteiger partial charge in [0.05, 0.1) is 0 Å². The van der Waals surface area contributed by atoms with Gasteiger partial charge < -0.3 is 4.74 Å². The molecule has 2 atom stereocenters. The quantitative estimate of drug-likeness (QED) is 0.659. The second-order valence-corrected chi connectivity index (χ2v) is 3.66. The summed E-state index contributed by atoms with van der Waals surface area (Å²) in [5, 5.41) is 0. The molecule has 0 saturated carbocycles. The van der Waals surface area contributed by atoms with Gasteiger partial charge in [0.25, 0.3) is 0 Å². The fourth-order valence-electron chi connectivity index (χ4n) is 1.00. The Hall–Kier alpha value is -0.880. The van der Waals surface area contributed by atoms with Gasteiger partial charge in [0.2, 0.25) is 0 Å². The van der Waals surface area contributed by atoms with E-state index in [0.29, 0.717) is 0 Å². The average Bonchev–Trinajstić information content (AvgIpc) is 2.26. The molecule has 0 rings (SSSR count). The lowest BCUT2D eigenvalue weighted by Gasteiger charge is -2.32. The molecule has 0 saturated heterocycles. The summed E-state index contributed by atoms with van der Waals surface area (Å²) in [5.74, 6) is -12.2. The molecule has 0 spiro atoms. The summed E-state index contributed by atoms with van der Waals surface area (Å²) in [5.41, 5.74) is 0. The number of hydrogen-bond acceptors (Lipinski definition) is 1. The first-order valence-electron chi connectivity index (χ1n) is 4.79. The fraction of sp³-hybridized carbons (Fsp3) is 1.00. The first kappa shape index (κ1) is 20.1. The van der Waals surface area contributed by atoms with Crippen LogP contribution in [0.1, 0.15) is 0 Å². The molecule has 128 valence electrons. The molecule has 0 aromatic carbocycles. The van der Waals surface area contributed by atoms with E-state index in [1.165, 1.54) is 0 Å². The fourth-order valence-corrected chi connectivity index (χ4v) is 1.00. The number of halogens is 12. The molecular weight excluding hydrogens is 340 g/mol. The summed E-state index contributed by atoms with van der Waals surface area (Å²) in [4.78, 5) is 0. The van der Waals surface area contributed by atoms with Crippen LogP contribution >= 0.6 is 0 Å². The Bertz CT molecular complexity index is 299. The van der Waals surface area contributed by atoms with Crippen molar-refractivity contribution in [2.24, 2.45) is 0 Å². The summed E-state index contributed by atoms with van der Waals surface area (Å²) in [6.45, 7) is -5.53. The van der Waals surface area contributed by atoms with Crippen LogP contribution in [0.25, 0.3) is 0 Å². The minimum atomic E-state index is -6.49. The Labute approximate surface area is 108 Å². The maximum atomic E-state index is 12.6. The number of rotatable bonds is 6. The highest BCUT2D eigenvalue weighted by molar-refractivity contribution is 4.90. The van der Waals surface area contributed by atoms with E-state index in [-0.39, 0.29) is 0 Å². The summed E-state index contributed by atoms with van der Waals surface area (Å²) < 4.78 is 149. The summed E-state index contributed by atoms with van der Waals surface area (Å²) in [6, 6.07) is 0. The third-order valence-corrected chi connectivity index (χ3v) is 2.17. The second kappa shape index (κ2) is 6.08. The normalized spacial score (nSPS) is 17.7. The smallest absolute Gasteiger partial charge is 0.356 e. The highest BCUT2D eigenvalue weighted by Crippen LogP contribution is 2.44. The van der Waals surface area contributed by atoms with Crippen LogP contribution in [0.15, 0.2) is 0 Å². The second-order valence-electron chi connectivity index (χ2n) is 3.66. The van der Waals surface area contributed by atoms with Crippen molar-refractivity contribution < 1.29 is 57.4 Å². The molecule has 0 heterocycles. The van der Waals surface area contributed by atoms with Crippen LogP contribution in [0.3, 0.4) is 0 Å². The Morgan fingerprint density at radius 1 is 0.571 bits per heavy atom. The highest BCUT2D eigenvalue weighted by atomic mass is 19.4. The van der Waals surface area contributed by atoms with Crippen LogP contribution < -0.4 is 0 Å². The third-order valence-electron chi connectivity index (χ3n) is 2.17. The van der Waals surface area contributed by atoms with Gasteiger partial charge in [-0.05, 0) is 0 Å². The van der Waals surface area contributed by atoms with Gasteiger partial charge in [-0.25, -0.2) is 8.78 Å². The Morgan fingerprint density at radius 3 is 0.952 bits per heavy atom. The molecule has 21 heavy (non-hydrogen) atoms. The minimum absolute atomic E-state index is 2.77. The molecule has 13 heteroatoms. The van der Waals surface area contributed by atoms with Crippen LogP contribution in [-0.2, 0) is 4.74 Å². The van der Waals surface area contributed by atoms with Crippen LogP contribution in [0, 0.1) is 0 Å². The van der Waals surface area contributed by atoms with E-state index in [2.05, 4.69) is 4.74 Å². The van der Waals surface area contributed by atoms with Crippen molar-refractivity contribution in [3.05, 3.63) is 0 Å². The predicted molar refractivity (Wildman–Crippen MR) is 42.6 cm³/mol. The lowest BCUT2D eigenvalue weighted by atomic mass is 10.1. The van der Waals surface area contributed by atoms with Crippen LogP contribution in [0.4, 0.5) is 52.7 Å².